The van der Waals surface area contributed by atoms with E-state index in [1.54, 1.807) is 6.92 Å². The second kappa shape index (κ2) is 7.90. The number of nitrogens with zero attached hydrogens (tertiary/aromatic N) is 2. The highest BCUT2D eigenvalue weighted by molar-refractivity contribution is 6.03. The summed E-state index contributed by atoms with van der Waals surface area (Å²) in [5, 5.41) is 11.4. The Kier molecular flexibility index (Phi) is 6.94. The van der Waals surface area contributed by atoms with Gasteiger partial charge in [0.15, 0.2) is 5.84 Å². The van der Waals surface area contributed by atoms with Crippen molar-refractivity contribution in [3.8, 4) is 0 Å². The maximum atomic E-state index is 12.1. The van der Waals surface area contributed by atoms with E-state index in [0.29, 0.717) is 12.8 Å². The Balaban J connectivity index is 5.10. The molecule has 0 aliphatic heterocycles. The van der Waals surface area contributed by atoms with Crippen molar-refractivity contribution in [1.29, 1.82) is 0 Å². The topological polar surface area (TPSA) is 165 Å². The van der Waals surface area contributed by atoms with Crippen LogP contribution >= 0.6 is 0 Å². The van der Waals surface area contributed by atoms with Gasteiger partial charge in [0.25, 0.3) is 0 Å². The third kappa shape index (κ3) is 5.70. The summed E-state index contributed by atoms with van der Waals surface area (Å²) in [5.41, 5.74) is 15.4. The summed E-state index contributed by atoms with van der Waals surface area (Å²) in [4.78, 5) is 34.8. The molecule has 0 rings (SSSR count). The number of carbonyl (C=O) groups excluding carboxylic acids is 3. The van der Waals surface area contributed by atoms with Gasteiger partial charge in [0.1, 0.15) is 0 Å². The predicted octanol–water partition coefficient (Wildman–Crippen LogP) is -2.05. The van der Waals surface area contributed by atoms with Crippen LogP contribution in [0.15, 0.2) is 5.16 Å². The van der Waals surface area contributed by atoms with Crippen molar-refractivity contribution in [2.24, 2.45) is 28.3 Å². The van der Waals surface area contributed by atoms with Gasteiger partial charge in [-0.15, -0.1) is 0 Å². The zero-order chi connectivity index (χ0) is 15.0. The molecule has 0 aliphatic rings. The molecule has 0 fully saturated rings. The van der Waals surface area contributed by atoms with Gasteiger partial charge >= 0.3 is 0 Å². The first-order valence-electron chi connectivity index (χ1n) is 5.66. The number of amides is 3. The van der Waals surface area contributed by atoms with E-state index in [0.717, 1.165) is 4.90 Å². The van der Waals surface area contributed by atoms with Crippen molar-refractivity contribution < 1.29 is 19.6 Å². The lowest BCUT2D eigenvalue weighted by molar-refractivity contribution is -0.139. The molecule has 0 radical (unpaired) electrons. The number of oxime groups is 1. The van der Waals surface area contributed by atoms with Crippen LogP contribution in [0.5, 0.6) is 0 Å². The summed E-state index contributed by atoms with van der Waals surface area (Å²) in [6.07, 6.45) is 0.899. The maximum absolute atomic E-state index is 12.1. The highest BCUT2D eigenvalue weighted by Gasteiger charge is 2.29. The molecule has 1 unspecified atom stereocenters. The van der Waals surface area contributed by atoms with E-state index in [1.165, 1.54) is 0 Å². The number of amidine groups is 1. The zero-order valence-corrected chi connectivity index (χ0v) is 10.7. The molecule has 0 aromatic heterocycles. The Morgan fingerprint density at radius 2 is 1.63 bits per heavy atom. The van der Waals surface area contributed by atoms with Crippen molar-refractivity contribution in [3.63, 3.8) is 0 Å². The van der Waals surface area contributed by atoms with Gasteiger partial charge in [-0.1, -0.05) is 18.5 Å². The zero-order valence-electron chi connectivity index (χ0n) is 10.7. The number of nitrogens with two attached hydrogens (primary N) is 3. The Morgan fingerprint density at radius 3 is 1.95 bits per heavy atom. The van der Waals surface area contributed by atoms with E-state index in [2.05, 4.69) is 5.16 Å². The van der Waals surface area contributed by atoms with Gasteiger partial charge in [0, 0.05) is 0 Å². The van der Waals surface area contributed by atoms with E-state index in [-0.39, 0.29) is 5.84 Å². The minimum atomic E-state index is -0.923. The normalized spacial score (nSPS) is 12.8. The van der Waals surface area contributed by atoms with Crippen LogP contribution in [-0.4, -0.2) is 46.8 Å². The molecule has 7 N–H and O–H groups in total. The average Bonchev–Trinajstić information content (AvgIpc) is 2.32. The number of hydrogen-bond acceptors (Lipinski definition) is 5. The molecule has 19 heavy (non-hydrogen) atoms. The first-order valence-corrected chi connectivity index (χ1v) is 5.66. The quantitative estimate of drug-likeness (QED) is 0.172. The van der Waals surface area contributed by atoms with E-state index in [4.69, 9.17) is 22.4 Å². The summed E-state index contributed by atoms with van der Waals surface area (Å²) in [6.45, 7) is 0.888. The van der Waals surface area contributed by atoms with Crippen molar-refractivity contribution in [2.45, 2.75) is 19.8 Å². The molecule has 0 aliphatic carbocycles. The molecule has 0 bridgehead atoms. The fourth-order valence-electron chi connectivity index (χ4n) is 1.56. The van der Waals surface area contributed by atoms with Crippen molar-refractivity contribution in [2.75, 3.05) is 13.1 Å². The van der Waals surface area contributed by atoms with Gasteiger partial charge in [-0.3, -0.25) is 14.4 Å². The van der Waals surface area contributed by atoms with Crippen LogP contribution in [0.25, 0.3) is 0 Å². The van der Waals surface area contributed by atoms with Crippen molar-refractivity contribution in [1.82, 2.24) is 4.90 Å². The molecule has 1 atom stereocenters. The molecule has 0 heterocycles. The number of rotatable bonds is 8. The van der Waals surface area contributed by atoms with Gasteiger partial charge in [-0.05, 0) is 6.42 Å². The molecule has 3 amide bonds. The lowest BCUT2D eigenvalue weighted by Gasteiger charge is -2.24. The van der Waals surface area contributed by atoms with Gasteiger partial charge < -0.3 is 27.3 Å². The molecule has 0 aromatic rings. The third-order valence-electron chi connectivity index (χ3n) is 2.35. The lowest BCUT2D eigenvalue weighted by atomic mass is 10.0. The van der Waals surface area contributed by atoms with Crippen LogP contribution in [0.3, 0.4) is 0 Å². The second-order valence-electron chi connectivity index (χ2n) is 3.99. The fourth-order valence-corrected chi connectivity index (χ4v) is 1.56. The van der Waals surface area contributed by atoms with Crippen LogP contribution in [-0.2, 0) is 14.4 Å². The minimum absolute atomic E-state index is 0.286. The first-order chi connectivity index (χ1) is 8.83. The highest BCUT2D eigenvalue weighted by Crippen LogP contribution is 2.11. The summed E-state index contributed by atoms with van der Waals surface area (Å²) in [7, 11) is 0. The predicted molar refractivity (Wildman–Crippen MR) is 66.8 cm³/mol. The number of hydrogen-bond donors (Lipinski definition) is 4. The highest BCUT2D eigenvalue weighted by atomic mass is 16.4. The Morgan fingerprint density at radius 1 is 1.16 bits per heavy atom. The molecule has 9 heteroatoms. The van der Waals surface area contributed by atoms with Gasteiger partial charge in [0.05, 0.1) is 19.0 Å². The molecule has 0 spiro atoms. The van der Waals surface area contributed by atoms with E-state index >= 15 is 0 Å². The van der Waals surface area contributed by atoms with Crippen LogP contribution in [0.4, 0.5) is 0 Å². The largest absolute Gasteiger partial charge is 0.409 e. The number of carbonyl (C=O) groups is 3. The summed E-state index contributed by atoms with van der Waals surface area (Å²) >= 11 is 0. The fraction of sp³-hybridized carbons (Fsp3) is 0.600. The molecule has 0 saturated carbocycles. The van der Waals surface area contributed by atoms with E-state index in [1.807, 2.05) is 0 Å². The van der Waals surface area contributed by atoms with Crippen molar-refractivity contribution >= 4 is 23.6 Å². The van der Waals surface area contributed by atoms with Gasteiger partial charge in [0.2, 0.25) is 17.7 Å². The number of primary amides is 2. The maximum Gasteiger partial charge on any atom is 0.237 e. The summed E-state index contributed by atoms with van der Waals surface area (Å²) in [5.74, 6) is -3.41. The first kappa shape index (κ1) is 16.7. The Hall–Kier alpha value is -2.32. The summed E-state index contributed by atoms with van der Waals surface area (Å²) < 4.78 is 0. The standard InChI is InChI=1S/C10H19N5O4/c1-2-3-6(9(13)14-19)10(18)15(4-7(11)16)5-8(12)17/h6,19H,2-5H2,1H3,(H2,11,16)(H2,12,17)(H2,13,14). The smallest absolute Gasteiger partial charge is 0.237 e. The van der Waals surface area contributed by atoms with Crippen LogP contribution in [0.1, 0.15) is 19.8 Å². The molecule has 0 saturated heterocycles. The molecular formula is C10H19N5O4. The monoisotopic (exact) mass is 273 g/mol. The van der Waals surface area contributed by atoms with Gasteiger partial charge in [-0.2, -0.15) is 0 Å². The molecule has 0 aromatic carbocycles. The van der Waals surface area contributed by atoms with Crippen LogP contribution < -0.4 is 17.2 Å². The molecule has 9 nitrogen and oxygen atoms in total. The van der Waals surface area contributed by atoms with E-state index < -0.39 is 36.7 Å². The second-order valence-corrected chi connectivity index (χ2v) is 3.99. The Bertz CT molecular complexity index is 366. The van der Waals surface area contributed by atoms with E-state index in [9.17, 15) is 14.4 Å². The third-order valence-corrected chi connectivity index (χ3v) is 2.35. The molecule has 108 valence electrons. The van der Waals surface area contributed by atoms with Crippen LogP contribution in [0, 0.1) is 5.92 Å². The summed E-state index contributed by atoms with van der Waals surface area (Å²) in [6, 6.07) is 0. The van der Waals surface area contributed by atoms with Gasteiger partial charge in [-0.25, -0.2) is 0 Å². The Labute approximate surface area is 110 Å². The lowest BCUT2D eigenvalue weighted by Crippen LogP contribution is -2.48. The minimum Gasteiger partial charge on any atom is -0.409 e. The molecular weight excluding hydrogens is 254 g/mol. The van der Waals surface area contributed by atoms with Crippen LogP contribution in [0.2, 0.25) is 0 Å². The SMILES string of the molecule is CCCC(C(=O)N(CC(N)=O)CC(N)=O)C(N)=NO. The average molecular weight is 273 g/mol. The van der Waals surface area contributed by atoms with Crippen molar-refractivity contribution in [3.05, 3.63) is 0 Å².